The molecule has 150 valence electrons. The topological polar surface area (TPSA) is 18.5 Å². The third kappa shape index (κ3) is 6.92. The average molecular weight is 391 g/mol. The number of ether oxygens (including phenoxy) is 2. The van der Waals surface area contributed by atoms with Crippen molar-refractivity contribution in [2.24, 2.45) is 0 Å². The van der Waals surface area contributed by atoms with Gasteiger partial charge in [-0.2, -0.15) is 0 Å². The molecule has 0 amide bonds. The maximum Gasteiger partial charge on any atom is 0.130 e. The number of benzene rings is 2. The van der Waals surface area contributed by atoms with E-state index in [0.717, 1.165) is 73.2 Å². The minimum Gasteiger partial charge on any atom is -0.493 e. The molecule has 0 spiro atoms. The minimum absolute atomic E-state index is 0.293. The van der Waals surface area contributed by atoms with Crippen molar-refractivity contribution < 1.29 is 9.47 Å². The number of hydrogen-bond donors (Lipinski definition) is 0. The van der Waals surface area contributed by atoms with Crippen molar-refractivity contribution in [3.8, 4) is 11.5 Å². The SMILES string of the molecule is CCCCCCOc1c(C)cc(OCCCCC(Cl)CC)c2ccccc12. The van der Waals surface area contributed by atoms with Gasteiger partial charge in [-0.3, -0.25) is 0 Å². The highest BCUT2D eigenvalue weighted by atomic mass is 35.5. The predicted molar refractivity (Wildman–Crippen MR) is 118 cm³/mol. The Hall–Kier alpha value is -1.41. The van der Waals surface area contributed by atoms with Crippen molar-refractivity contribution in [1.82, 2.24) is 0 Å². The maximum atomic E-state index is 6.19. The first-order valence-electron chi connectivity index (χ1n) is 10.6. The Balaban J connectivity index is 2.00. The molecule has 0 saturated carbocycles. The second-order valence-corrected chi connectivity index (χ2v) is 7.94. The number of hydrogen-bond acceptors (Lipinski definition) is 2. The molecule has 2 aromatic carbocycles. The van der Waals surface area contributed by atoms with Gasteiger partial charge in [0.25, 0.3) is 0 Å². The summed E-state index contributed by atoms with van der Waals surface area (Å²) in [6, 6.07) is 10.5. The van der Waals surface area contributed by atoms with Gasteiger partial charge in [0.05, 0.1) is 13.2 Å². The third-order valence-electron chi connectivity index (χ3n) is 5.00. The number of alkyl halides is 1. The van der Waals surface area contributed by atoms with Crippen LogP contribution in [0.25, 0.3) is 10.8 Å². The summed E-state index contributed by atoms with van der Waals surface area (Å²) in [6.07, 6.45) is 9.11. The smallest absolute Gasteiger partial charge is 0.130 e. The Kier molecular flexibility index (Phi) is 9.83. The highest BCUT2D eigenvalue weighted by molar-refractivity contribution is 6.20. The molecule has 1 unspecified atom stereocenters. The molecule has 0 saturated heterocycles. The number of rotatable bonds is 13. The van der Waals surface area contributed by atoms with Crippen LogP contribution in [0.5, 0.6) is 11.5 Å². The lowest BCUT2D eigenvalue weighted by Crippen LogP contribution is -2.03. The van der Waals surface area contributed by atoms with E-state index in [4.69, 9.17) is 21.1 Å². The first-order valence-corrected chi connectivity index (χ1v) is 11.0. The van der Waals surface area contributed by atoms with E-state index in [9.17, 15) is 0 Å². The Labute approximate surface area is 170 Å². The Morgan fingerprint density at radius 3 is 2.33 bits per heavy atom. The van der Waals surface area contributed by atoms with Crippen molar-refractivity contribution in [1.29, 1.82) is 0 Å². The summed E-state index contributed by atoms with van der Waals surface area (Å²) in [5.74, 6) is 1.96. The van der Waals surface area contributed by atoms with E-state index in [2.05, 4.69) is 51.1 Å². The van der Waals surface area contributed by atoms with Gasteiger partial charge in [0.15, 0.2) is 0 Å². The molecule has 0 aliphatic rings. The standard InChI is InChI=1S/C24H35ClO2/c1-4-6-7-11-17-27-24-19(3)18-23(21-14-8-9-15-22(21)24)26-16-12-10-13-20(25)5-2/h8-9,14-15,18,20H,4-7,10-13,16-17H2,1-3H3. The molecule has 0 aliphatic carbocycles. The monoisotopic (exact) mass is 390 g/mol. The van der Waals surface area contributed by atoms with Gasteiger partial charge < -0.3 is 9.47 Å². The highest BCUT2D eigenvalue weighted by Crippen LogP contribution is 2.36. The summed E-state index contributed by atoms with van der Waals surface area (Å²) in [6.45, 7) is 7.99. The van der Waals surface area contributed by atoms with Crippen LogP contribution in [0.2, 0.25) is 0 Å². The fourth-order valence-corrected chi connectivity index (χ4v) is 3.47. The average Bonchev–Trinajstić information content (AvgIpc) is 2.69. The van der Waals surface area contributed by atoms with Gasteiger partial charge in [-0.25, -0.2) is 0 Å². The third-order valence-corrected chi connectivity index (χ3v) is 5.53. The Morgan fingerprint density at radius 1 is 0.889 bits per heavy atom. The molecule has 0 N–H and O–H groups in total. The molecule has 27 heavy (non-hydrogen) atoms. The first kappa shape index (κ1) is 21.9. The summed E-state index contributed by atoms with van der Waals surface area (Å²) in [5, 5.41) is 2.58. The van der Waals surface area contributed by atoms with Gasteiger partial charge in [0, 0.05) is 16.1 Å². The van der Waals surface area contributed by atoms with E-state index in [-0.39, 0.29) is 0 Å². The summed E-state index contributed by atoms with van der Waals surface area (Å²) in [7, 11) is 0. The van der Waals surface area contributed by atoms with E-state index in [1.165, 1.54) is 19.3 Å². The first-order chi connectivity index (χ1) is 13.2. The van der Waals surface area contributed by atoms with Gasteiger partial charge in [0.1, 0.15) is 11.5 Å². The number of fused-ring (bicyclic) bond motifs is 1. The zero-order chi connectivity index (χ0) is 19.5. The van der Waals surface area contributed by atoms with E-state index >= 15 is 0 Å². The van der Waals surface area contributed by atoms with Crippen LogP contribution < -0.4 is 9.47 Å². The summed E-state index contributed by atoms with van der Waals surface area (Å²) in [4.78, 5) is 0. The molecule has 0 aromatic heterocycles. The fourth-order valence-electron chi connectivity index (χ4n) is 3.32. The molecular weight excluding hydrogens is 356 g/mol. The van der Waals surface area contributed by atoms with Crippen LogP contribution in [0.3, 0.4) is 0 Å². The van der Waals surface area contributed by atoms with E-state index in [0.29, 0.717) is 5.38 Å². The molecule has 1 atom stereocenters. The van der Waals surface area contributed by atoms with Crippen molar-refractivity contribution in [3.63, 3.8) is 0 Å². The van der Waals surface area contributed by atoms with Gasteiger partial charge in [0.2, 0.25) is 0 Å². The second-order valence-electron chi connectivity index (χ2n) is 7.33. The van der Waals surface area contributed by atoms with E-state index < -0.39 is 0 Å². The molecule has 0 heterocycles. The number of unbranched alkanes of at least 4 members (excludes halogenated alkanes) is 4. The molecule has 2 nitrogen and oxygen atoms in total. The summed E-state index contributed by atoms with van der Waals surface area (Å²) < 4.78 is 12.3. The van der Waals surface area contributed by atoms with Gasteiger partial charge in [-0.15, -0.1) is 11.6 Å². The predicted octanol–water partition coefficient (Wildman–Crippen LogP) is 7.67. The van der Waals surface area contributed by atoms with Crippen LogP contribution in [0.15, 0.2) is 30.3 Å². The quantitative estimate of drug-likeness (QED) is 0.258. The molecule has 2 rings (SSSR count). The molecular formula is C24H35ClO2. The van der Waals surface area contributed by atoms with Crippen molar-refractivity contribution >= 4 is 22.4 Å². The van der Waals surface area contributed by atoms with Gasteiger partial charge >= 0.3 is 0 Å². The molecule has 3 heteroatoms. The van der Waals surface area contributed by atoms with Crippen molar-refractivity contribution in [3.05, 3.63) is 35.9 Å². The largest absolute Gasteiger partial charge is 0.493 e. The zero-order valence-corrected chi connectivity index (χ0v) is 18.0. The van der Waals surface area contributed by atoms with Crippen molar-refractivity contribution in [2.45, 2.75) is 77.5 Å². The van der Waals surface area contributed by atoms with Gasteiger partial charge in [-0.1, -0.05) is 57.4 Å². The second kappa shape index (κ2) is 12.1. The normalized spacial score (nSPS) is 12.3. The van der Waals surface area contributed by atoms with Gasteiger partial charge in [-0.05, 0) is 50.7 Å². The lowest BCUT2D eigenvalue weighted by atomic mass is 10.0. The highest BCUT2D eigenvalue weighted by Gasteiger charge is 2.12. The molecule has 2 aromatic rings. The number of halogens is 1. The van der Waals surface area contributed by atoms with E-state index in [1.807, 2.05) is 0 Å². The van der Waals surface area contributed by atoms with Crippen LogP contribution in [0, 0.1) is 6.92 Å². The van der Waals surface area contributed by atoms with E-state index in [1.54, 1.807) is 0 Å². The Morgan fingerprint density at radius 2 is 1.59 bits per heavy atom. The molecule has 0 fully saturated rings. The van der Waals surface area contributed by atoms with Crippen LogP contribution in [0.4, 0.5) is 0 Å². The number of aryl methyl sites for hydroxylation is 1. The zero-order valence-electron chi connectivity index (χ0n) is 17.2. The minimum atomic E-state index is 0.293. The lowest BCUT2D eigenvalue weighted by Gasteiger charge is -2.16. The van der Waals surface area contributed by atoms with Crippen LogP contribution >= 0.6 is 11.6 Å². The fraction of sp³-hybridized carbons (Fsp3) is 0.583. The molecule has 0 radical (unpaired) electrons. The van der Waals surface area contributed by atoms with Crippen LogP contribution in [0.1, 0.15) is 70.8 Å². The van der Waals surface area contributed by atoms with Crippen LogP contribution in [-0.4, -0.2) is 18.6 Å². The maximum absolute atomic E-state index is 6.19. The summed E-state index contributed by atoms with van der Waals surface area (Å²) in [5.41, 5.74) is 1.14. The molecule has 0 aliphatic heterocycles. The van der Waals surface area contributed by atoms with Crippen LogP contribution in [-0.2, 0) is 0 Å². The Bertz CT molecular complexity index is 683. The molecule has 0 bridgehead atoms. The lowest BCUT2D eigenvalue weighted by molar-refractivity contribution is 0.300. The summed E-state index contributed by atoms with van der Waals surface area (Å²) >= 11 is 6.19. The van der Waals surface area contributed by atoms with Crippen molar-refractivity contribution in [2.75, 3.05) is 13.2 Å².